The van der Waals surface area contributed by atoms with Crippen LogP contribution < -0.4 is 15.4 Å². The number of anilines is 1. The maximum atomic E-state index is 13.1. The highest BCUT2D eigenvalue weighted by atomic mass is 19.1. The van der Waals surface area contributed by atoms with E-state index in [1.807, 2.05) is 0 Å². The molecular weight excluding hydrogens is 275 g/mol. The fourth-order valence-corrected chi connectivity index (χ4v) is 1.49. The molecule has 1 aromatic rings. The Morgan fingerprint density at radius 2 is 1.90 bits per heavy atom. The van der Waals surface area contributed by atoms with Crippen LogP contribution in [0.4, 0.5) is 10.1 Å². The van der Waals surface area contributed by atoms with Crippen molar-refractivity contribution in [2.45, 2.75) is 33.7 Å². The van der Waals surface area contributed by atoms with Crippen LogP contribution in [-0.2, 0) is 9.59 Å². The second-order valence-electron chi connectivity index (χ2n) is 5.78. The van der Waals surface area contributed by atoms with Crippen molar-refractivity contribution >= 4 is 17.5 Å². The van der Waals surface area contributed by atoms with Gasteiger partial charge in [0.05, 0.1) is 12.8 Å². The van der Waals surface area contributed by atoms with Crippen molar-refractivity contribution in [2.75, 3.05) is 12.4 Å². The standard InChI is InChI=1S/C15H21FN2O3/c1-9(17-14(20)15(2,3)4)13(19)18-11-7-6-10(16)8-12(11)21-5/h6-9H,1-5H3,(H,17,20)(H,18,19). The van der Waals surface area contributed by atoms with Crippen molar-refractivity contribution < 1.29 is 18.7 Å². The predicted molar refractivity (Wildman–Crippen MR) is 78.6 cm³/mol. The lowest BCUT2D eigenvalue weighted by Gasteiger charge is -2.21. The number of carbonyl (C=O) groups excluding carboxylic acids is 2. The van der Waals surface area contributed by atoms with E-state index in [-0.39, 0.29) is 11.7 Å². The van der Waals surface area contributed by atoms with Gasteiger partial charge in [0.15, 0.2) is 0 Å². The van der Waals surface area contributed by atoms with Crippen LogP contribution in [-0.4, -0.2) is 25.0 Å². The third-order valence-corrected chi connectivity index (χ3v) is 2.84. The van der Waals surface area contributed by atoms with Gasteiger partial charge >= 0.3 is 0 Å². The second-order valence-corrected chi connectivity index (χ2v) is 5.78. The first kappa shape index (κ1) is 16.9. The lowest BCUT2D eigenvalue weighted by Crippen LogP contribution is -2.46. The first-order chi connectivity index (χ1) is 9.65. The molecule has 0 aliphatic carbocycles. The van der Waals surface area contributed by atoms with E-state index in [0.717, 1.165) is 0 Å². The predicted octanol–water partition coefficient (Wildman–Crippen LogP) is 2.32. The van der Waals surface area contributed by atoms with Gasteiger partial charge in [0.1, 0.15) is 17.6 Å². The largest absolute Gasteiger partial charge is 0.494 e. The maximum Gasteiger partial charge on any atom is 0.246 e. The molecule has 0 aliphatic rings. The fraction of sp³-hybridized carbons (Fsp3) is 0.467. The summed E-state index contributed by atoms with van der Waals surface area (Å²) in [6.45, 7) is 6.86. The van der Waals surface area contributed by atoms with E-state index in [4.69, 9.17) is 4.74 Å². The molecule has 0 fully saturated rings. The topological polar surface area (TPSA) is 67.4 Å². The SMILES string of the molecule is COc1cc(F)ccc1NC(=O)C(C)NC(=O)C(C)(C)C. The molecule has 1 atom stereocenters. The minimum Gasteiger partial charge on any atom is -0.494 e. The van der Waals surface area contributed by atoms with E-state index < -0.39 is 23.2 Å². The molecule has 0 spiro atoms. The molecule has 0 aromatic heterocycles. The van der Waals surface area contributed by atoms with Crippen LogP contribution in [0.15, 0.2) is 18.2 Å². The highest BCUT2D eigenvalue weighted by Gasteiger charge is 2.25. The lowest BCUT2D eigenvalue weighted by atomic mass is 9.95. The smallest absolute Gasteiger partial charge is 0.246 e. The highest BCUT2D eigenvalue weighted by molar-refractivity contribution is 5.98. The molecule has 0 saturated carbocycles. The fourth-order valence-electron chi connectivity index (χ4n) is 1.49. The van der Waals surface area contributed by atoms with Crippen molar-refractivity contribution in [3.8, 4) is 5.75 Å². The van der Waals surface area contributed by atoms with Crippen molar-refractivity contribution in [3.63, 3.8) is 0 Å². The summed E-state index contributed by atoms with van der Waals surface area (Å²) in [4.78, 5) is 23.9. The minimum atomic E-state index is -0.716. The van der Waals surface area contributed by atoms with Crippen LogP contribution in [0.25, 0.3) is 0 Å². The number of halogens is 1. The number of methoxy groups -OCH3 is 1. The first-order valence-corrected chi connectivity index (χ1v) is 6.60. The van der Waals surface area contributed by atoms with Gasteiger partial charge in [-0.1, -0.05) is 20.8 Å². The van der Waals surface area contributed by atoms with E-state index in [1.54, 1.807) is 27.7 Å². The number of benzene rings is 1. The molecular formula is C15H21FN2O3. The van der Waals surface area contributed by atoms with Gasteiger partial charge in [-0.2, -0.15) is 0 Å². The molecule has 0 aliphatic heterocycles. The van der Waals surface area contributed by atoms with Crippen LogP contribution >= 0.6 is 0 Å². The summed E-state index contributed by atoms with van der Waals surface area (Å²) in [5.41, 5.74) is -0.233. The van der Waals surface area contributed by atoms with Gasteiger partial charge in [-0.15, -0.1) is 0 Å². The first-order valence-electron chi connectivity index (χ1n) is 6.60. The van der Waals surface area contributed by atoms with Crippen LogP contribution in [0.5, 0.6) is 5.75 Å². The van der Waals surface area contributed by atoms with E-state index in [2.05, 4.69) is 10.6 Å². The van der Waals surface area contributed by atoms with Gasteiger partial charge in [0, 0.05) is 11.5 Å². The van der Waals surface area contributed by atoms with Crippen molar-refractivity contribution in [3.05, 3.63) is 24.0 Å². The van der Waals surface area contributed by atoms with Gasteiger partial charge in [0.25, 0.3) is 0 Å². The van der Waals surface area contributed by atoms with E-state index in [0.29, 0.717) is 5.69 Å². The van der Waals surface area contributed by atoms with Crippen molar-refractivity contribution in [1.82, 2.24) is 5.32 Å². The number of hydrogen-bond acceptors (Lipinski definition) is 3. The average molecular weight is 296 g/mol. The highest BCUT2D eigenvalue weighted by Crippen LogP contribution is 2.25. The molecule has 1 aromatic carbocycles. The number of hydrogen-bond donors (Lipinski definition) is 2. The quantitative estimate of drug-likeness (QED) is 0.896. The molecule has 6 heteroatoms. The zero-order valence-electron chi connectivity index (χ0n) is 12.9. The second kappa shape index (κ2) is 6.56. The Kier molecular flexibility index (Phi) is 5.29. The molecule has 0 bridgehead atoms. The molecule has 1 rings (SSSR count). The Bertz CT molecular complexity index is 538. The summed E-state index contributed by atoms with van der Waals surface area (Å²) in [7, 11) is 1.38. The number of carbonyl (C=O) groups is 2. The summed E-state index contributed by atoms with van der Waals surface area (Å²) in [6.07, 6.45) is 0. The van der Waals surface area contributed by atoms with Gasteiger partial charge in [-0.25, -0.2) is 4.39 Å². The number of amides is 2. The third-order valence-electron chi connectivity index (χ3n) is 2.84. The van der Waals surface area contributed by atoms with Crippen LogP contribution in [0.3, 0.4) is 0 Å². The Hall–Kier alpha value is -2.11. The maximum absolute atomic E-state index is 13.1. The van der Waals surface area contributed by atoms with E-state index in [9.17, 15) is 14.0 Å². The minimum absolute atomic E-state index is 0.220. The van der Waals surface area contributed by atoms with Crippen LogP contribution in [0.2, 0.25) is 0 Å². The lowest BCUT2D eigenvalue weighted by molar-refractivity contribution is -0.131. The molecule has 116 valence electrons. The summed E-state index contributed by atoms with van der Waals surface area (Å²) in [5.74, 6) is -0.870. The molecule has 1 unspecified atom stereocenters. The monoisotopic (exact) mass is 296 g/mol. The molecule has 21 heavy (non-hydrogen) atoms. The molecule has 5 nitrogen and oxygen atoms in total. The number of rotatable bonds is 4. The summed E-state index contributed by atoms with van der Waals surface area (Å²) in [6, 6.07) is 3.08. The van der Waals surface area contributed by atoms with E-state index >= 15 is 0 Å². The molecule has 2 N–H and O–H groups in total. The Morgan fingerprint density at radius 3 is 2.43 bits per heavy atom. The molecule has 2 amide bonds. The summed E-state index contributed by atoms with van der Waals surface area (Å²) in [5, 5.41) is 5.22. The van der Waals surface area contributed by atoms with Crippen molar-refractivity contribution in [2.24, 2.45) is 5.41 Å². The Balaban J connectivity index is 2.75. The zero-order chi connectivity index (χ0) is 16.2. The third kappa shape index (κ3) is 4.73. The zero-order valence-corrected chi connectivity index (χ0v) is 12.9. The van der Waals surface area contributed by atoms with Gasteiger partial charge in [-0.3, -0.25) is 9.59 Å². The molecule has 0 heterocycles. The Labute approximate surface area is 123 Å². The molecule has 0 radical (unpaired) electrons. The van der Waals surface area contributed by atoms with Crippen LogP contribution in [0.1, 0.15) is 27.7 Å². The van der Waals surface area contributed by atoms with E-state index in [1.165, 1.54) is 25.3 Å². The normalized spacial score (nSPS) is 12.5. The number of nitrogens with one attached hydrogen (secondary N) is 2. The van der Waals surface area contributed by atoms with Gasteiger partial charge in [0.2, 0.25) is 11.8 Å². The summed E-state index contributed by atoms with van der Waals surface area (Å²) < 4.78 is 18.1. The van der Waals surface area contributed by atoms with Crippen molar-refractivity contribution in [1.29, 1.82) is 0 Å². The average Bonchev–Trinajstić information content (AvgIpc) is 2.39. The number of ether oxygens (including phenoxy) is 1. The molecule has 0 saturated heterocycles. The van der Waals surface area contributed by atoms with Gasteiger partial charge < -0.3 is 15.4 Å². The summed E-state index contributed by atoms with van der Waals surface area (Å²) >= 11 is 0. The van der Waals surface area contributed by atoms with Crippen LogP contribution in [0, 0.1) is 11.2 Å². The van der Waals surface area contributed by atoms with Gasteiger partial charge in [-0.05, 0) is 19.1 Å². The Morgan fingerprint density at radius 1 is 1.29 bits per heavy atom.